The molecule has 2 N–H and O–H groups in total. The smallest absolute Gasteiger partial charge is 0.261 e. The van der Waals surface area contributed by atoms with E-state index in [2.05, 4.69) is 10.0 Å². The van der Waals surface area contributed by atoms with Crippen LogP contribution in [-0.2, 0) is 10.0 Å². The van der Waals surface area contributed by atoms with E-state index in [4.69, 9.17) is 0 Å². The standard InChI is InChI=1S/C23H24FN3O3S/c1-27(2)22(17-8-4-3-5-9-17)16-25-23(28)20-10-6-7-11-21(20)26-31(29,30)19-14-12-18(24)13-15-19/h3-15,22,26H,16H2,1-2H3,(H,25,28). The van der Waals surface area contributed by atoms with Crippen molar-refractivity contribution in [3.05, 3.63) is 95.8 Å². The van der Waals surface area contributed by atoms with Crippen molar-refractivity contribution in [1.29, 1.82) is 0 Å². The number of rotatable bonds is 8. The van der Waals surface area contributed by atoms with E-state index in [1.165, 1.54) is 18.2 Å². The van der Waals surface area contributed by atoms with Gasteiger partial charge in [0.25, 0.3) is 15.9 Å². The Hall–Kier alpha value is -3.23. The van der Waals surface area contributed by atoms with Crippen molar-refractivity contribution < 1.29 is 17.6 Å². The van der Waals surface area contributed by atoms with Crippen LogP contribution in [0.25, 0.3) is 0 Å². The number of nitrogens with zero attached hydrogens (tertiary/aromatic N) is 1. The summed E-state index contributed by atoms with van der Waals surface area (Å²) in [5.74, 6) is -0.937. The zero-order chi connectivity index (χ0) is 22.4. The van der Waals surface area contributed by atoms with Crippen LogP contribution in [0.4, 0.5) is 10.1 Å². The molecule has 0 bridgehead atoms. The van der Waals surface area contributed by atoms with Gasteiger partial charge in [0.15, 0.2) is 0 Å². The first-order valence-electron chi connectivity index (χ1n) is 9.65. The molecule has 8 heteroatoms. The van der Waals surface area contributed by atoms with Gasteiger partial charge in [-0.05, 0) is 56.1 Å². The number of hydrogen-bond donors (Lipinski definition) is 2. The zero-order valence-electron chi connectivity index (χ0n) is 17.2. The molecule has 0 saturated heterocycles. The van der Waals surface area contributed by atoms with Crippen LogP contribution in [0.5, 0.6) is 0 Å². The fourth-order valence-electron chi connectivity index (χ4n) is 3.15. The Labute approximate surface area is 181 Å². The summed E-state index contributed by atoms with van der Waals surface area (Å²) in [5, 5.41) is 2.89. The maximum Gasteiger partial charge on any atom is 0.261 e. The molecule has 3 aromatic rings. The summed E-state index contributed by atoms with van der Waals surface area (Å²) in [6.45, 7) is 0.342. The molecule has 31 heavy (non-hydrogen) atoms. The maximum atomic E-state index is 13.1. The van der Waals surface area contributed by atoms with Crippen LogP contribution in [-0.4, -0.2) is 39.9 Å². The largest absolute Gasteiger partial charge is 0.350 e. The first kappa shape index (κ1) is 22.5. The summed E-state index contributed by atoms with van der Waals surface area (Å²) in [6, 6.07) is 20.5. The first-order valence-corrected chi connectivity index (χ1v) is 11.1. The quantitative estimate of drug-likeness (QED) is 0.559. The monoisotopic (exact) mass is 441 g/mol. The van der Waals surface area contributed by atoms with E-state index in [-0.39, 0.29) is 22.2 Å². The normalized spacial score (nSPS) is 12.4. The zero-order valence-corrected chi connectivity index (χ0v) is 18.1. The molecular weight excluding hydrogens is 417 g/mol. The van der Waals surface area contributed by atoms with Crippen molar-refractivity contribution in [2.24, 2.45) is 0 Å². The molecule has 3 aromatic carbocycles. The summed E-state index contributed by atoms with van der Waals surface area (Å²) in [6.07, 6.45) is 0. The highest BCUT2D eigenvalue weighted by molar-refractivity contribution is 7.92. The molecule has 1 atom stereocenters. The number of amides is 1. The highest BCUT2D eigenvalue weighted by Crippen LogP contribution is 2.21. The number of anilines is 1. The van der Waals surface area contributed by atoms with Crippen LogP contribution < -0.4 is 10.0 Å². The second-order valence-electron chi connectivity index (χ2n) is 7.21. The third-order valence-electron chi connectivity index (χ3n) is 4.80. The summed E-state index contributed by atoms with van der Waals surface area (Å²) in [5.41, 5.74) is 1.39. The van der Waals surface area contributed by atoms with Gasteiger partial charge in [-0.3, -0.25) is 9.52 Å². The number of nitrogens with one attached hydrogen (secondary N) is 2. The molecule has 1 amide bonds. The molecule has 6 nitrogen and oxygen atoms in total. The number of hydrogen-bond acceptors (Lipinski definition) is 4. The van der Waals surface area contributed by atoms with Crippen LogP contribution in [0, 0.1) is 5.82 Å². The number of sulfonamides is 1. The van der Waals surface area contributed by atoms with Gasteiger partial charge >= 0.3 is 0 Å². The fourth-order valence-corrected chi connectivity index (χ4v) is 4.23. The predicted octanol–water partition coefficient (Wildman–Crippen LogP) is 3.66. The molecule has 0 aliphatic carbocycles. The van der Waals surface area contributed by atoms with Gasteiger partial charge in [0.1, 0.15) is 5.82 Å². The van der Waals surface area contributed by atoms with Gasteiger partial charge < -0.3 is 10.2 Å². The Balaban J connectivity index is 1.78. The molecule has 0 spiro atoms. The minimum absolute atomic E-state index is 0.0479. The molecule has 0 aromatic heterocycles. The second-order valence-corrected chi connectivity index (χ2v) is 8.89. The minimum atomic E-state index is -3.98. The maximum absolute atomic E-state index is 13.1. The van der Waals surface area contributed by atoms with E-state index >= 15 is 0 Å². The van der Waals surface area contributed by atoms with Crippen molar-refractivity contribution in [2.45, 2.75) is 10.9 Å². The lowest BCUT2D eigenvalue weighted by molar-refractivity contribution is 0.0943. The number of halogens is 1. The molecule has 0 fully saturated rings. The SMILES string of the molecule is CN(C)C(CNC(=O)c1ccccc1NS(=O)(=O)c1ccc(F)cc1)c1ccccc1. The van der Waals surface area contributed by atoms with Gasteiger partial charge in [-0.25, -0.2) is 12.8 Å². The summed E-state index contributed by atoms with van der Waals surface area (Å²) >= 11 is 0. The Kier molecular flexibility index (Phi) is 7.04. The Morgan fingerprint density at radius 1 is 0.935 bits per heavy atom. The minimum Gasteiger partial charge on any atom is -0.350 e. The average molecular weight is 442 g/mol. The molecule has 0 saturated carbocycles. The van der Waals surface area contributed by atoms with Gasteiger partial charge in [0.2, 0.25) is 0 Å². The van der Waals surface area contributed by atoms with Gasteiger partial charge in [-0.1, -0.05) is 42.5 Å². The van der Waals surface area contributed by atoms with Crippen LogP contribution in [0.3, 0.4) is 0 Å². The number of benzene rings is 3. The average Bonchev–Trinajstić information content (AvgIpc) is 2.74. The van der Waals surface area contributed by atoms with E-state index in [9.17, 15) is 17.6 Å². The Morgan fingerprint density at radius 2 is 1.55 bits per heavy atom. The van der Waals surface area contributed by atoms with Crippen LogP contribution in [0.1, 0.15) is 22.0 Å². The molecule has 0 aliphatic rings. The molecular formula is C23H24FN3O3S. The van der Waals surface area contributed by atoms with E-state index in [0.29, 0.717) is 6.54 Å². The topological polar surface area (TPSA) is 78.5 Å². The van der Waals surface area contributed by atoms with E-state index in [0.717, 1.165) is 17.7 Å². The van der Waals surface area contributed by atoms with Crippen molar-refractivity contribution in [3.8, 4) is 0 Å². The second kappa shape index (κ2) is 9.72. The first-order chi connectivity index (χ1) is 14.8. The number of carbonyl (C=O) groups is 1. The van der Waals surface area contributed by atoms with Crippen LogP contribution in [0.2, 0.25) is 0 Å². The van der Waals surface area contributed by atoms with E-state index in [1.54, 1.807) is 18.2 Å². The lowest BCUT2D eigenvalue weighted by Gasteiger charge is -2.25. The molecule has 0 aliphatic heterocycles. The highest BCUT2D eigenvalue weighted by atomic mass is 32.2. The third kappa shape index (κ3) is 5.68. The highest BCUT2D eigenvalue weighted by Gasteiger charge is 2.20. The molecule has 1 unspecified atom stereocenters. The number of likely N-dealkylation sites (N-methyl/N-ethyl adjacent to an activating group) is 1. The van der Waals surface area contributed by atoms with Crippen molar-refractivity contribution in [1.82, 2.24) is 10.2 Å². The van der Waals surface area contributed by atoms with Gasteiger partial charge in [0.05, 0.1) is 22.2 Å². The lowest BCUT2D eigenvalue weighted by Crippen LogP contribution is -2.35. The molecule has 162 valence electrons. The van der Waals surface area contributed by atoms with Crippen molar-refractivity contribution in [3.63, 3.8) is 0 Å². The van der Waals surface area contributed by atoms with E-state index in [1.807, 2.05) is 49.3 Å². The fraction of sp³-hybridized carbons (Fsp3) is 0.174. The van der Waals surface area contributed by atoms with Gasteiger partial charge in [0, 0.05) is 6.54 Å². The van der Waals surface area contributed by atoms with Crippen molar-refractivity contribution >= 4 is 21.6 Å². The summed E-state index contributed by atoms with van der Waals surface area (Å²) < 4.78 is 40.9. The third-order valence-corrected chi connectivity index (χ3v) is 6.19. The molecule has 0 radical (unpaired) electrons. The Bertz CT molecular complexity index is 1130. The van der Waals surface area contributed by atoms with Crippen LogP contribution >= 0.6 is 0 Å². The predicted molar refractivity (Wildman–Crippen MR) is 119 cm³/mol. The van der Waals surface area contributed by atoms with Crippen LogP contribution in [0.15, 0.2) is 83.8 Å². The molecule has 0 heterocycles. The number of carbonyl (C=O) groups excluding carboxylic acids is 1. The van der Waals surface area contributed by atoms with E-state index < -0.39 is 21.7 Å². The number of para-hydroxylation sites is 1. The van der Waals surface area contributed by atoms with Crippen molar-refractivity contribution in [2.75, 3.05) is 25.4 Å². The molecule has 3 rings (SSSR count). The summed E-state index contributed by atoms with van der Waals surface area (Å²) in [7, 11) is -0.128. The summed E-state index contributed by atoms with van der Waals surface area (Å²) in [4.78, 5) is 14.8. The lowest BCUT2D eigenvalue weighted by atomic mass is 10.1. The van der Waals surface area contributed by atoms with Gasteiger partial charge in [-0.2, -0.15) is 0 Å². The van der Waals surface area contributed by atoms with Gasteiger partial charge in [-0.15, -0.1) is 0 Å². The Morgan fingerprint density at radius 3 is 2.19 bits per heavy atom.